The third-order valence-electron chi connectivity index (χ3n) is 4.27. The predicted octanol–water partition coefficient (Wildman–Crippen LogP) is 2.44. The fourth-order valence-electron chi connectivity index (χ4n) is 2.74. The molecule has 0 radical (unpaired) electrons. The lowest BCUT2D eigenvalue weighted by atomic mass is 10.2. The van der Waals surface area contributed by atoms with E-state index in [1.807, 2.05) is 6.92 Å². The molecule has 2 rings (SSSR count). The molecule has 1 amide bonds. The summed E-state index contributed by atoms with van der Waals surface area (Å²) in [4.78, 5) is 12.6. The highest BCUT2D eigenvalue weighted by molar-refractivity contribution is 7.92. The van der Waals surface area contributed by atoms with Gasteiger partial charge in [0.15, 0.2) is 0 Å². The van der Waals surface area contributed by atoms with Crippen LogP contribution in [-0.4, -0.2) is 54.8 Å². The summed E-state index contributed by atoms with van der Waals surface area (Å²) in [5.41, 5.74) is 0.242. The second-order valence-corrected chi connectivity index (χ2v) is 8.13. The molecule has 0 aliphatic rings. The fourth-order valence-corrected chi connectivity index (χ4v) is 4.20. The molecule has 0 heterocycles. The van der Waals surface area contributed by atoms with Gasteiger partial charge < -0.3 is 19.5 Å². The minimum absolute atomic E-state index is 0.0759. The Bertz CT molecular complexity index is 918. The van der Waals surface area contributed by atoms with E-state index >= 15 is 0 Å². The van der Waals surface area contributed by atoms with Crippen molar-refractivity contribution >= 4 is 21.6 Å². The number of rotatable bonds is 12. The second kappa shape index (κ2) is 11.4. The van der Waals surface area contributed by atoms with Gasteiger partial charge in [-0.15, -0.1) is 0 Å². The molecule has 0 unspecified atom stereocenters. The Morgan fingerprint density at radius 1 is 1.07 bits per heavy atom. The molecule has 0 saturated heterocycles. The van der Waals surface area contributed by atoms with Crippen molar-refractivity contribution in [1.29, 1.82) is 0 Å². The van der Waals surface area contributed by atoms with Crippen LogP contribution in [0.4, 0.5) is 5.69 Å². The van der Waals surface area contributed by atoms with Crippen molar-refractivity contribution in [3.05, 3.63) is 48.5 Å². The third-order valence-corrected chi connectivity index (χ3v) is 6.04. The smallest absolute Gasteiger partial charge is 0.264 e. The first-order valence-corrected chi connectivity index (χ1v) is 11.0. The Hall–Kier alpha value is -2.78. The van der Waals surface area contributed by atoms with E-state index in [0.29, 0.717) is 31.9 Å². The molecule has 8 nitrogen and oxygen atoms in total. The van der Waals surface area contributed by atoms with Gasteiger partial charge in [-0.05, 0) is 37.6 Å². The van der Waals surface area contributed by atoms with E-state index in [0.717, 1.165) is 4.31 Å². The minimum Gasteiger partial charge on any atom is -0.497 e. The second-order valence-electron chi connectivity index (χ2n) is 6.26. The van der Waals surface area contributed by atoms with Gasteiger partial charge in [0.1, 0.15) is 18.0 Å². The number of amides is 1. The minimum atomic E-state index is -4.01. The Morgan fingerprint density at radius 3 is 2.43 bits per heavy atom. The molecule has 0 atom stereocenters. The quantitative estimate of drug-likeness (QED) is 0.514. The maximum absolute atomic E-state index is 13.3. The monoisotopic (exact) mass is 436 g/mol. The molecule has 0 spiro atoms. The highest BCUT2D eigenvalue weighted by Gasteiger charge is 2.29. The molecule has 0 saturated carbocycles. The van der Waals surface area contributed by atoms with Crippen LogP contribution in [-0.2, 0) is 19.6 Å². The van der Waals surface area contributed by atoms with Gasteiger partial charge in [0.25, 0.3) is 10.0 Å². The molecule has 164 valence electrons. The Labute approximate surface area is 177 Å². The number of carbonyl (C=O) groups is 1. The standard InChI is InChI=1S/C21H28N2O6S/c1-4-29-14-8-13-22-21(24)16-23(30(25,26)18-9-6-5-7-10-18)19-12-11-17(27-2)15-20(19)28-3/h5-7,9-12,15H,4,8,13-14,16H2,1-3H3,(H,22,24). The summed E-state index contributed by atoms with van der Waals surface area (Å²) in [6, 6.07) is 12.7. The van der Waals surface area contributed by atoms with Crippen LogP contribution in [0.15, 0.2) is 53.4 Å². The SMILES string of the molecule is CCOCCCNC(=O)CN(c1ccc(OC)cc1OC)S(=O)(=O)c1ccccc1. The van der Waals surface area contributed by atoms with Crippen LogP contribution < -0.4 is 19.1 Å². The summed E-state index contributed by atoms with van der Waals surface area (Å²) in [5.74, 6) is 0.356. The molecule has 0 fully saturated rings. The van der Waals surface area contributed by atoms with E-state index in [-0.39, 0.29) is 16.3 Å². The van der Waals surface area contributed by atoms with Crippen LogP contribution in [0.5, 0.6) is 11.5 Å². The van der Waals surface area contributed by atoms with Crippen LogP contribution in [0.3, 0.4) is 0 Å². The van der Waals surface area contributed by atoms with Crippen molar-refractivity contribution in [2.75, 3.05) is 44.8 Å². The summed E-state index contributed by atoms with van der Waals surface area (Å²) in [5, 5.41) is 2.73. The van der Waals surface area contributed by atoms with Gasteiger partial charge in [0.05, 0.1) is 24.8 Å². The maximum atomic E-state index is 13.3. The van der Waals surface area contributed by atoms with Gasteiger partial charge >= 0.3 is 0 Å². The van der Waals surface area contributed by atoms with E-state index in [2.05, 4.69) is 5.32 Å². The first kappa shape index (κ1) is 23.5. The first-order valence-electron chi connectivity index (χ1n) is 9.58. The number of nitrogens with zero attached hydrogens (tertiary/aromatic N) is 1. The van der Waals surface area contributed by atoms with Gasteiger partial charge in [-0.1, -0.05) is 18.2 Å². The van der Waals surface area contributed by atoms with Gasteiger partial charge in [-0.2, -0.15) is 0 Å². The zero-order valence-corrected chi connectivity index (χ0v) is 18.3. The van der Waals surface area contributed by atoms with Crippen LogP contribution in [0, 0.1) is 0 Å². The first-order chi connectivity index (χ1) is 14.4. The topological polar surface area (TPSA) is 94.2 Å². The lowest BCUT2D eigenvalue weighted by Gasteiger charge is -2.26. The third kappa shape index (κ3) is 6.11. The summed E-state index contributed by atoms with van der Waals surface area (Å²) in [6.07, 6.45) is 0.636. The summed E-state index contributed by atoms with van der Waals surface area (Å²) in [7, 11) is -1.08. The van der Waals surface area contributed by atoms with Gasteiger partial charge in [-0.3, -0.25) is 9.10 Å². The Balaban J connectivity index is 2.33. The predicted molar refractivity (Wildman–Crippen MR) is 115 cm³/mol. The average molecular weight is 437 g/mol. The lowest BCUT2D eigenvalue weighted by molar-refractivity contribution is -0.119. The molecule has 30 heavy (non-hydrogen) atoms. The zero-order valence-electron chi connectivity index (χ0n) is 17.5. The molecule has 2 aromatic carbocycles. The van der Waals surface area contributed by atoms with Crippen molar-refractivity contribution in [2.45, 2.75) is 18.2 Å². The van der Waals surface area contributed by atoms with Crippen molar-refractivity contribution in [2.24, 2.45) is 0 Å². The number of ether oxygens (including phenoxy) is 3. The Kier molecular flexibility index (Phi) is 8.94. The van der Waals surface area contributed by atoms with Crippen LogP contribution in [0.2, 0.25) is 0 Å². The number of sulfonamides is 1. The number of nitrogens with one attached hydrogen (secondary N) is 1. The average Bonchev–Trinajstić information content (AvgIpc) is 2.77. The van der Waals surface area contributed by atoms with Crippen LogP contribution >= 0.6 is 0 Å². The van der Waals surface area contributed by atoms with Gasteiger partial charge in [-0.25, -0.2) is 8.42 Å². The number of carbonyl (C=O) groups excluding carboxylic acids is 1. The van der Waals surface area contributed by atoms with Crippen molar-refractivity contribution < 1.29 is 27.4 Å². The molecule has 1 N–H and O–H groups in total. The van der Waals surface area contributed by atoms with E-state index in [1.165, 1.54) is 26.4 Å². The fraction of sp³-hybridized carbons (Fsp3) is 0.381. The van der Waals surface area contributed by atoms with Crippen molar-refractivity contribution in [3.63, 3.8) is 0 Å². The molecule has 9 heteroatoms. The normalized spacial score (nSPS) is 11.0. The molecule has 0 aromatic heterocycles. The van der Waals surface area contributed by atoms with E-state index in [1.54, 1.807) is 36.4 Å². The molecule has 0 bridgehead atoms. The lowest BCUT2D eigenvalue weighted by Crippen LogP contribution is -2.41. The molecule has 0 aliphatic heterocycles. The highest BCUT2D eigenvalue weighted by atomic mass is 32.2. The summed E-state index contributed by atoms with van der Waals surface area (Å²) < 4.78 is 43.5. The van der Waals surface area contributed by atoms with Crippen molar-refractivity contribution in [3.8, 4) is 11.5 Å². The van der Waals surface area contributed by atoms with Gasteiger partial charge in [0, 0.05) is 25.8 Å². The maximum Gasteiger partial charge on any atom is 0.264 e. The van der Waals surface area contributed by atoms with Crippen LogP contribution in [0.25, 0.3) is 0 Å². The number of hydrogen-bond donors (Lipinski definition) is 1. The Morgan fingerprint density at radius 2 is 1.80 bits per heavy atom. The number of anilines is 1. The summed E-state index contributed by atoms with van der Waals surface area (Å²) >= 11 is 0. The van der Waals surface area contributed by atoms with E-state index < -0.39 is 22.5 Å². The number of hydrogen-bond acceptors (Lipinski definition) is 6. The van der Waals surface area contributed by atoms with Crippen LogP contribution in [0.1, 0.15) is 13.3 Å². The molecule has 2 aromatic rings. The zero-order chi connectivity index (χ0) is 22.0. The van der Waals surface area contributed by atoms with E-state index in [9.17, 15) is 13.2 Å². The van der Waals surface area contributed by atoms with E-state index in [4.69, 9.17) is 14.2 Å². The summed E-state index contributed by atoms with van der Waals surface area (Å²) in [6.45, 7) is 3.02. The number of benzene rings is 2. The largest absolute Gasteiger partial charge is 0.497 e. The highest BCUT2D eigenvalue weighted by Crippen LogP contribution is 2.35. The molecule has 0 aliphatic carbocycles. The van der Waals surface area contributed by atoms with Gasteiger partial charge in [0.2, 0.25) is 5.91 Å². The number of methoxy groups -OCH3 is 2. The molecular formula is C21H28N2O6S. The molecular weight excluding hydrogens is 408 g/mol. The van der Waals surface area contributed by atoms with Crippen molar-refractivity contribution in [1.82, 2.24) is 5.32 Å².